The average molecular weight is 346 g/mol. The number of primary amides is 1. The summed E-state index contributed by atoms with van der Waals surface area (Å²) in [6.07, 6.45) is 2.87. The van der Waals surface area contributed by atoms with Gasteiger partial charge in [-0.05, 0) is 30.9 Å². The van der Waals surface area contributed by atoms with Crippen LogP contribution in [0.2, 0.25) is 0 Å². The van der Waals surface area contributed by atoms with E-state index in [0.29, 0.717) is 5.56 Å². The molecule has 1 amide bonds. The molecule has 0 aliphatic carbocycles. The monoisotopic (exact) mass is 346 g/mol. The van der Waals surface area contributed by atoms with E-state index in [2.05, 4.69) is 47.9 Å². The highest BCUT2D eigenvalue weighted by atomic mass is 16.1. The minimum Gasteiger partial charge on any atom is -0.366 e. The minimum atomic E-state index is -0.350. The summed E-state index contributed by atoms with van der Waals surface area (Å²) in [5, 5.41) is 0. The van der Waals surface area contributed by atoms with Crippen molar-refractivity contribution in [2.24, 2.45) is 5.73 Å². The number of nitrogens with zero attached hydrogens (tertiary/aromatic N) is 1. The lowest BCUT2D eigenvalue weighted by Gasteiger charge is -2.13. The smallest absolute Gasteiger partial charge is 0.251 e. The topological polar surface area (TPSA) is 48.0 Å². The van der Waals surface area contributed by atoms with Gasteiger partial charge in [0.2, 0.25) is 0 Å². The van der Waals surface area contributed by atoms with Crippen LogP contribution < -0.4 is 5.73 Å². The Bertz CT molecular complexity index is 880. The molecule has 0 spiro atoms. The van der Waals surface area contributed by atoms with Gasteiger partial charge in [0.1, 0.15) is 0 Å². The first-order valence-electron chi connectivity index (χ1n) is 9.24. The molecule has 0 bridgehead atoms. The molecule has 3 rings (SSSR count). The molecule has 0 saturated carbocycles. The molecule has 3 nitrogen and oxygen atoms in total. The maximum atomic E-state index is 12.3. The number of amides is 1. The zero-order valence-corrected chi connectivity index (χ0v) is 15.5. The van der Waals surface area contributed by atoms with Gasteiger partial charge < -0.3 is 10.3 Å². The van der Waals surface area contributed by atoms with Crippen LogP contribution in [0.3, 0.4) is 0 Å². The molecule has 3 aromatic rings. The second kappa shape index (κ2) is 8.05. The summed E-state index contributed by atoms with van der Waals surface area (Å²) < 4.78 is 2.29. The fraction of sp³-hybridized carbons (Fsp3) is 0.261. The molecular formula is C23H26N2O. The molecule has 0 atom stereocenters. The second-order valence-corrected chi connectivity index (χ2v) is 6.65. The van der Waals surface area contributed by atoms with E-state index < -0.39 is 0 Å². The molecule has 0 radical (unpaired) electrons. The van der Waals surface area contributed by atoms with Crippen LogP contribution in [0.15, 0.2) is 60.7 Å². The van der Waals surface area contributed by atoms with Crippen LogP contribution >= 0.6 is 0 Å². The molecule has 26 heavy (non-hydrogen) atoms. The zero-order chi connectivity index (χ0) is 18.5. The third-order valence-corrected chi connectivity index (χ3v) is 4.89. The van der Waals surface area contributed by atoms with Crippen LogP contribution in [0.4, 0.5) is 0 Å². The quantitative estimate of drug-likeness (QED) is 0.659. The van der Waals surface area contributed by atoms with Crippen molar-refractivity contribution in [3.05, 3.63) is 83.2 Å². The van der Waals surface area contributed by atoms with Gasteiger partial charge in [-0.25, -0.2) is 0 Å². The van der Waals surface area contributed by atoms with Gasteiger partial charge in [-0.2, -0.15) is 0 Å². The van der Waals surface area contributed by atoms with Gasteiger partial charge >= 0.3 is 0 Å². The molecule has 1 aromatic heterocycles. The number of benzene rings is 2. The molecule has 0 saturated heterocycles. The zero-order valence-electron chi connectivity index (χ0n) is 15.5. The van der Waals surface area contributed by atoms with Crippen LogP contribution in [-0.2, 0) is 19.4 Å². The normalized spacial score (nSPS) is 10.8. The Kier molecular flexibility index (Phi) is 5.57. The number of nitrogens with two attached hydrogens (primary N) is 1. The lowest BCUT2D eigenvalue weighted by Crippen LogP contribution is -2.13. The largest absolute Gasteiger partial charge is 0.366 e. The average Bonchev–Trinajstić information content (AvgIpc) is 2.94. The fourth-order valence-corrected chi connectivity index (χ4v) is 3.70. The Morgan fingerprint density at radius 2 is 1.58 bits per heavy atom. The third-order valence-electron chi connectivity index (χ3n) is 4.89. The van der Waals surface area contributed by atoms with Crippen molar-refractivity contribution in [1.82, 2.24) is 4.57 Å². The van der Waals surface area contributed by atoms with E-state index in [1.54, 1.807) is 0 Å². The minimum absolute atomic E-state index is 0.350. The van der Waals surface area contributed by atoms with Gasteiger partial charge in [0.15, 0.2) is 0 Å². The van der Waals surface area contributed by atoms with Crippen molar-refractivity contribution >= 4 is 5.91 Å². The fourth-order valence-electron chi connectivity index (χ4n) is 3.70. The van der Waals surface area contributed by atoms with E-state index in [1.165, 1.54) is 11.3 Å². The third kappa shape index (κ3) is 3.57. The number of carbonyl (C=O) groups excluding carboxylic acids is 1. The predicted octanol–water partition coefficient (Wildman–Crippen LogP) is 4.76. The van der Waals surface area contributed by atoms with Gasteiger partial charge in [0, 0.05) is 23.5 Å². The summed E-state index contributed by atoms with van der Waals surface area (Å²) in [4.78, 5) is 12.3. The van der Waals surface area contributed by atoms with Crippen molar-refractivity contribution in [3.63, 3.8) is 0 Å². The summed E-state index contributed by atoms with van der Waals surface area (Å²) in [6, 6.07) is 20.6. The standard InChI is InChI=1S/C23H26N2O/c1-3-10-20-22(19-13-8-5-9-14-19)21(23(24)26)17(2)25(20)16-15-18-11-6-4-7-12-18/h4-9,11-14H,3,10,15-16H2,1-2H3,(H2,24,26). The van der Waals surface area contributed by atoms with E-state index in [9.17, 15) is 4.79 Å². The molecule has 2 aromatic carbocycles. The molecule has 1 heterocycles. The maximum absolute atomic E-state index is 12.3. The van der Waals surface area contributed by atoms with Crippen LogP contribution in [0.1, 0.15) is 40.7 Å². The van der Waals surface area contributed by atoms with Crippen molar-refractivity contribution in [2.45, 2.75) is 39.7 Å². The number of aryl methyl sites for hydroxylation is 1. The van der Waals surface area contributed by atoms with E-state index in [-0.39, 0.29) is 5.91 Å². The first-order valence-corrected chi connectivity index (χ1v) is 9.24. The summed E-state index contributed by atoms with van der Waals surface area (Å²) in [5.74, 6) is -0.350. The highest BCUT2D eigenvalue weighted by Gasteiger charge is 2.24. The summed E-state index contributed by atoms with van der Waals surface area (Å²) >= 11 is 0. The lowest BCUT2D eigenvalue weighted by molar-refractivity contribution is 0.1000. The van der Waals surface area contributed by atoms with E-state index in [0.717, 1.165) is 42.6 Å². The summed E-state index contributed by atoms with van der Waals surface area (Å²) in [7, 11) is 0. The van der Waals surface area contributed by atoms with Gasteiger partial charge in [-0.15, -0.1) is 0 Å². The molecule has 2 N–H and O–H groups in total. The first kappa shape index (κ1) is 18.0. The Morgan fingerprint density at radius 1 is 0.962 bits per heavy atom. The van der Waals surface area contributed by atoms with Crippen molar-refractivity contribution < 1.29 is 4.79 Å². The highest BCUT2D eigenvalue weighted by molar-refractivity contribution is 6.02. The molecule has 134 valence electrons. The Labute approximate surface area is 155 Å². The predicted molar refractivity (Wildman–Crippen MR) is 107 cm³/mol. The van der Waals surface area contributed by atoms with Crippen molar-refractivity contribution in [1.29, 1.82) is 0 Å². The Morgan fingerprint density at radius 3 is 2.15 bits per heavy atom. The number of rotatable bonds is 7. The van der Waals surface area contributed by atoms with Gasteiger partial charge in [0.05, 0.1) is 5.56 Å². The van der Waals surface area contributed by atoms with E-state index in [1.807, 2.05) is 31.2 Å². The molecular weight excluding hydrogens is 320 g/mol. The van der Waals surface area contributed by atoms with E-state index >= 15 is 0 Å². The van der Waals surface area contributed by atoms with Crippen LogP contribution in [0, 0.1) is 6.92 Å². The molecule has 0 aliphatic heterocycles. The molecule has 3 heteroatoms. The van der Waals surface area contributed by atoms with Gasteiger partial charge in [0.25, 0.3) is 5.91 Å². The molecule has 0 fully saturated rings. The molecule has 0 unspecified atom stereocenters. The van der Waals surface area contributed by atoms with Crippen molar-refractivity contribution in [2.75, 3.05) is 0 Å². The SMILES string of the molecule is CCCc1c(-c2ccccc2)c(C(N)=O)c(C)n1CCc1ccccc1. The lowest BCUT2D eigenvalue weighted by atomic mass is 9.98. The Balaban J connectivity index is 2.10. The van der Waals surface area contributed by atoms with Crippen molar-refractivity contribution in [3.8, 4) is 11.1 Å². The van der Waals surface area contributed by atoms with Gasteiger partial charge in [-0.1, -0.05) is 74.0 Å². The van der Waals surface area contributed by atoms with Crippen LogP contribution in [0.25, 0.3) is 11.1 Å². The summed E-state index contributed by atoms with van der Waals surface area (Å²) in [5.41, 5.74) is 12.0. The van der Waals surface area contributed by atoms with E-state index in [4.69, 9.17) is 5.73 Å². The highest BCUT2D eigenvalue weighted by Crippen LogP contribution is 2.33. The van der Waals surface area contributed by atoms with Crippen LogP contribution in [0.5, 0.6) is 0 Å². The maximum Gasteiger partial charge on any atom is 0.251 e. The number of aromatic nitrogens is 1. The number of hydrogen-bond donors (Lipinski definition) is 1. The Hall–Kier alpha value is -2.81. The number of carbonyl (C=O) groups is 1. The second-order valence-electron chi connectivity index (χ2n) is 6.65. The number of hydrogen-bond acceptors (Lipinski definition) is 1. The first-order chi connectivity index (χ1) is 12.6. The van der Waals surface area contributed by atoms with Crippen LogP contribution in [-0.4, -0.2) is 10.5 Å². The summed E-state index contributed by atoms with van der Waals surface area (Å²) in [6.45, 7) is 5.03. The molecule has 0 aliphatic rings. The van der Waals surface area contributed by atoms with Gasteiger partial charge in [-0.3, -0.25) is 4.79 Å².